The number of rotatable bonds is 11. The van der Waals surface area contributed by atoms with Crippen LogP contribution in [0.5, 0.6) is 0 Å². The molecule has 0 unspecified atom stereocenters. The van der Waals surface area contributed by atoms with Crippen molar-refractivity contribution in [3.05, 3.63) is 84.4 Å². The lowest BCUT2D eigenvalue weighted by Crippen LogP contribution is -2.38. The molecule has 48 heavy (non-hydrogen) atoms. The molecule has 6 rings (SSSR count). The highest BCUT2D eigenvalue weighted by molar-refractivity contribution is 6.07. The lowest BCUT2D eigenvalue weighted by Gasteiger charge is -2.29. The van der Waals surface area contributed by atoms with Crippen LogP contribution in [0, 0.1) is 11.8 Å². The van der Waals surface area contributed by atoms with Crippen LogP contribution in [0.4, 0.5) is 10.5 Å². The third-order valence-corrected chi connectivity index (χ3v) is 10.2. The molecular weight excluding hydrogens is 602 g/mol. The number of aromatic carboxylic acids is 1. The van der Waals surface area contributed by atoms with E-state index in [0.717, 1.165) is 40.6 Å². The number of benzene rings is 3. The summed E-state index contributed by atoms with van der Waals surface area (Å²) in [6.45, 7) is 6.69. The van der Waals surface area contributed by atoms with Crippen LogP contribution in [0.25, 0.3) is 33.4 Å². The quantitative estimate of drug-likeness (QED) is 0.142. The zero-order valence-electron chi connectivity index (χ0n) is 28.0. The Morgan fingerprint density at radius 3 is 2.40 bits per heavy atom. The van der Waals surface area contributed by atoms with Crippen LogP contribution in [-0.2, 0) is 4.74 Å². The molecule has 3 aliphatic carbocycles. The Morgan fingerprint density at radius 2 is 1.69 bits per heavy atom. The van der Waals surface area contributed by atoms with E-state index in [1.807, 2.05) is 42.6 Å². The van der Waals surface area contributed by atoms with Gasteiger partial charge in [0.05, 0.1) is 12.0 Å². The summed E-state index contributed by atoms with van der Waals surface area (Å²) in [4.78, 5) is 26.4. The van der Waals surface area contributed by atoms with Gasteiger partial charge in [0.25, 0.3) is 0 Å². The van der Waals surface area contributed by atoms with Crippen LogP contribution < -0.4 is 25.3 Å². The molecule has 2 aromatic carbocycles. The summed E-state index contributed by atoms with van der Waals surface area (Å²) in [5, 5.41) is 16.7. The Morgan fingerprint density at radius 1 is 0.958 bits per heavy atom. The number of alkyl carbamates (subject to hydrolysis) is 1. The van der Waals surface area contributed by atoms with Gasteiger partial charge in [0, 0.05) is 59.4 Å². The zero-order chi connectivity index (χ0) is 33.5. The van der Waals surface area contributed by atoms with Gasteiger partial charge in [-0.3, -0.25) is 0 Å². The molecule has 2 fully saturated rings. The molecule has 1 N–H and O–H groups in total. The Bertz CT molecular complexity index is 1800. The van der Waals surface area contributed by atoms with Crippen molar-refractivity contribution in [2.45, 2.75) is 64.2 Å². The van der Waals surface area contributed by atoms with E-state index in [0.29, 0.717) is 35.3 Å². The minimum Gasteiger partial charge on any atom is -0.545 e. The molecular formula is C40H47N3O5. The second-order valence-electron chi connectivity index (χ2n) is 13.3. The molecule has 1 heterocycles. The maximum atomic E-state index is 12.3. The first kappa shape index (κ1) is 33.3. The number of amides is 1. The lowest BCUT2D eigenvalue weighted by atomic mass is 9.88. The van der Waals surface area contributed by atoms with Gasteiger partial charge in [-0.25, -0.2) is 9.37 Å². The van der Waals surface area contributed by atoms with Gasteiger partial charge in [0.15, 0.2) is 13.2 Å². The van der Waals surface area contributed by atoms with Crippen LogP contribution >= 0.6 is 0 Å². The van der Waals surface area contributed by atoms with Crippen molar-refractivity contribution in [1.29, 1.82) is 0 Å². The summed E-state index contributed by atoms with van der Waals surface area (Å²) in [6.07, 6.45) is 13.9. The lowest BCUT2D eigenvalue weighted by molar-refractivity contribution is -0.254. The Labute approximate surface area is 283 Å². The van der Waals surface area contributed by atoms with Gasteiger partial charge >= 0.3 is 6.09 Å². The summed E-state index contributed by atoms with van der Waals surface area (Å²) in [5.74, 6) is 0.612. The van der Waals surface area contributed by atoms with Crippen LogP contribution in [0.2, 0.25) is 0 Å². The van der Waals surface area contributed by atoms with Gasteiger partial charge in [-0.15, -0.1) is 0 Å². The number of carbonyl (C=O) groups excluding carboxylic acids is 2. The molecule has 1 amide bonds. The monoisotopic (exact) mass is 649 g/mol. The summed E-state index contributed by atoms with van der Waals surface area (Å²) < 4.78 is 14.4. The van der Waals surface area contributed by atoms with Crippen LogP contribution in [0.15, 0.2) is 77.9 Å². The van der Waals surface area contributed by atoms with Crippen LogP contribution in [0.1, 0.15) is 74.6 Å². The van der Waals surface area contributed by atoms with E-state index in [1.165, 1.54) is 64.2 Å². The molecule has 0 spiro atoms. The van der Waals surface area contributed by atoms with E-state index in [9.17, 15) is 14.7 Å². The predicted molar refractivity (Wildman–Crippen MR) is 189 cm³/mol. The fourth-order valence-corrected chi connectivity index (χ4v) is 7.67. The van der Waals surface area contributed by atoms with Crippen molar-refractivity contribution in [1.82, 2.24) is 9.89 Å². The molecule has 2 aromatic rings. The summed E-state index contributed by atoms with van der Waals surface area (Å²) in [7, 11) is 1.56. The maximum Gasteiger partial charge on any atom is 0.407 e. The average molecular weight is 650 g/mol. The first-order valence-corrected chi connectivity index (χ1v) is 17.6. The number of hydrogen-bond acceptors (Lipinski definition) is 6. The third-order valence-electron chi connectivity index (χ3n) is 10.2. The van der Waals surface area contributed by atoms with Crippen molar-refractivity contribution in [2.24, 2.45) is 11.8 Å². The van der Waals surface area contributed by atoms with Crippen LogP contribution in [0.3, 0.4) is 0 Å². The summed E-state index contributed by atoms with van der Waals surface area (Å²) >= 11 is 0. The normalized spacial score (nSPS) is 16.4. The number of carboxylic acids is 1. The summed E-state index contributed by atoms with van der Waals surface area (Å²) in [6, 6.07) is 19.3. The molecule has 252 valence electrons. The second-order valence-corrected chi connectivity index (χ2v) is 13.3. The zero-order valence-corrected chi connectivity index (χ0v) is 28.0. The number of nitrogens with zero attached hydrogens (tertiary/aromatic N) is 2. The largest absolute Gasteiger partial charge is 0.545 e. The molecule has 0 saturated heterocycles. The van der Waals surface area contributed by atoms with E-state index in [2.05, 4.69) is 33.5 Å². The standard InChI is InChI=1S/C40H47N3O5/c1-3-42(26-28-12-6-4-7-13-28)30-18-20-34-36(24-30)48-37-25-31(19-21-35(37)38(34)32-16-10-11-17-33(32)39(44)45)43(22-23-47-40(46)41-2)27-29-14-8-5-9-15-29/h3,10-11,16-21,24-25,28-29H,1,4-9,12-15,22-23,26-27H2,2H3,(H-,41,44,45,46). The van der Waals surface area contributed by atoms with Gasteiger partial charge in [0.2, 0.25) is 5.36 Å². The first-order valence-electron chi connectivity index (χ1n) is 17.6. The van der Waals surface area contributed by atoms with Gasteiger partial charge in [-0.2, -0.15) is 0 Å². The fraction of sp³-hybridized carbons (Fsp3) is 0.425. The molecule has 0 aromatic heterocycles. The molecule has 0 atom stereocenters. The van der Waals surface area contributed by atoms with Crippen molar-refractivity contribution in [3.63, 3.8) is 0 Å². The van der Waals surface area contributed by atoms with Crippen LogP contribution in [-0.4, -0.2) is 45.4 Å². The number of nitrogens with one attached hydrogen (secondary N) is 1. The van der Waals surface area contributed by atoms with Gasteiger partial charge in [-0.05, 0) is 61.6 Å². The fourth-order valence-electron chi connectivity index (χ4n) is 7.67. The molecule has 4 aliphatic rings. The summed E-state index contributed by atoms with van der Waals surface area (Å²) in [5.41, 5.74) is 3.99. The molecule has 1 aliphatic heterocycles. The minimum atomic E-state index is -1.22. The Hall–Kier alpha value is -4.59. The highest BCUT2D eigenvalue weighted by Gasteiger charge is 2.24. The van der Waals surface area contributed by atoms with E-state index in [4.69, 9.17) is 9.15 Å². The smallest absolute Gasteiger partial charge is 0.407 e. The number of ether oxygens (including phenoxy) is 1. The van der Waals surface area contributed by atoms with Gasteiger partial charge in [-0.1, -0.05) is 69.4 Å². The molecule has 8 heteroatoms. The highest BCUT2D eigenvalue weighted by atomic mass is 16.5. The maximum absolute atomic E-state index is 12.3. The average Bonchev–Trinajstić information content (AvgIpc) is 3.12. The number of anilines is 1. The number of carbonyl (C=O) groups is 2. The van der Waals surface area contributed by atoms with E-state index in [-0.39, 0.29) is 12.2 Å². The number of fused-ring (bicyclic) bond motifs is 2. The topological polar surface area (TPSA) is 97.9 Å². The third kappa shape index (κ3) is 7.59. The molecule has 2 saturated carbocycles. The first-order chi connectivity index (χ1) is 23.4. The van der Waals surface area contributed by atoms with Crippen molar-refractivity contribution in [3.8, 4) is 22.5 Å². The van der Waals surface area contributed by atoms with Crippen molar-refractivity contribution >= 4 is 28.7 Å². The molecule has 0 radical (unpaired) electrons. The van der Waals surface area contributed by atoms with Gasteiger partial charge in [0.1, 0.15) is 17.9 Å². The van der Waals surface area contributed by atoms with Gasteiger partial charge < -0.3 is 29.3 Å². The van der Waals surface area contributed by atoms with E-state index < -0.39 is 12.1 Å². The Balaban J connectivity index is 1.51. The van der Waals surface area contributed by atoms with Crippen molar-refractivity contribution < 1.29 is 23.8 Å². The molecule has 0 bridgehead atoms. The van der Waals surface area contributed by atoms with E-state index in [1.54, 1.807) is 19.2 Å². The van der Waals surface area contributed by atoms with E-state index >= 15 is 0 Å². The molecule has 8 nitrogen and oxygen atoms in total. The second kappa shape index (κ2) is 15.5. The number of carboxylic acid groups (broad SMARTS) is 1. The number of hydrogen-bond donors (Lipinski definition) is 1. The SMILES string of the molecule is C=CN(CC1CCCCC1)c1ccc2c(-c3ccccc3C(=O)[O-])c3ccc(=[N+](CCOC(=O)NC)CC4CCCCC4)cc-3oc2c1. The minimum absolute atomic E-state index is 0.134. The highest BCUT2D eigenvalue weighted by Crippen LogP contribution is 2.42. The Kier molecular flexibility index (Phi) is 10.8. The van der Waals surface area contributed by atoms with Crippen molar-refractivity contribution in [2.75, 3.05) is 38.2 Å². The predicted octanol–water partition coefficient (Wildman–Crippen LogP) is 6.81.